The number of hydrogen-bond acceptors (Lipinski definition) is 3. The van der Waals surface area contributed by atoms with Crippen LogP contribution in [0, 0.1) is 17.7 Å². The summed E-state index contributed by atoms with van der Waals surface area (Å²) in [6.07, 6.45) is 1.74. The number of hydrogen-bond donors (Lipinski definition) is 4. The summed E-state index contributed by atoms with van der Waals surface area (Å²) in [6.45, 7) is 7.75. The van der Waals surface area contributed by atoms with Gasteiger partial charge in [0.05, 0.1) is 0 Å². The van der Waals surface area contributed by atoms with E-state index in [-0.39, 0.29) is 24.9 Å². The number of nitrogens with one attached hydrogen (secondary N) is 3. The zero-order chi connectivity index (χ0) is 19.4. The highest BCUT2D eigenvalue weighted by atomic mass is 19.1. The van der Waals surface area contributed by atoms with Gasteiger partial charge in [-0.2, -0.15) is 0 Å². The fraction of sp³-hybridized carbons (Fsp3) is 0.579. The predicted molar refractivity (Wildman–Crippen MR) is 104 cm³/mol. The predicted octanol–water partition coefficient (Wildman–Crippen LogP) is 2.36. The van der Waals surface area contributed by atoms with Gasteiger partial charge in [0.15, 0.2) is 5.96 Å². The van der Waals surface area contributed by atoms with Crippen molar-refractivity contribution < 1.29 is 14.3 Å². The minimum Gasteiger partial charge on any atom is -0.396 e. The first-order valence-electron chi connectivity index (χ1n) is 9.13. The molecule has 0 saturated heterocycles. The molecular formula is C19H31FN4O2. The highest BCUT2D eigenvalue weighted by Crippen LogP contribution is 2.14. The standard InChI is InChI=1S/C19H31FN4O2/c1-4-21-19(22-12-15(9-10-25)11-14(2)3)23-13-18(26)24-17-7-5-16(20)6-8-17/h5-8,14-15,25H,4,9-13H2,1-3H3,(H,24,26)(H2,21,22,23). The van der Waals surface area contributed by atoms with Crippen LogP contribution in [0.2, 0.25) is 0 Å². The number of halogens is 1. The lowest BCUT2D eigenvalue weighted by atomic mass is 9.94. The number of benzene rings is 1. The molecule has 146 valence electrons. The molecule has 26 heavy (non-hydrogen) atoms. The summed E-state index contributed by atoms with van der Waals surface area (Å²) >= 11 is 0. The van der Waals surface area contributed by atoms with Gasteiger partial charge >= 0.3 is 0 Å². The van der Waals surface area contributed by atoms with Crippen LogP contribution in [0.1, 0.15) is 33.6 Å². The van der Waals surface area contributed by atoms with Crippen molar-refractivity contribution >= 4 is 17.6 Å². The van der Waals surface area contributed by atoms with Crippen molar-refractivity contribution in [2.45, 2.75) is 33.6 Å². The number of nitrogens with zero attached hydrogens (tertiary/aromatic N) is 1. The third-order valence-corrected chi connectivity index (χ3v) is 3.75. The minimum absolute atomic E-state index is 0.0401. The number of aliphatic hydroxyl groups is 1. The molecule has 1 rings (SSSR count). The van der Waals surface area contributed by atoms with Gasteiger partial charge in [0, 0.05) is 25.4 Å². The maximum Gasteiger partial charge on any atom is 0.246 e. The van der Waals surface area contributed by atoms with Gasteiger partial charge in [0.2, 0.25) is 5.91 Å². The fourth-order valence-electron chi connectivity index (χ4n) is 2.62. The number of aliphatic imine (C=N–C) groups is 1. The molecule has 0 bridgehead atoms. The molecule has 0 saturated carbocycles. The lowest BCUT2D eigenvalue weighted by Crippen LogP contribution is -2.40. The smallest absolute Gasteiger partial charge is 0.246 e. The van der Waals surface area contributed by atoms with Crippen molar-refractivity contribution in [1.29, 1.82) is 0 Å². The highest BCUT2D eigenvalue weighted by molar-refractivity contribution is 5.94. The number of carbonyl (C=O) groups excluding carboxylic acids is 1. The molecule has 1 amide bonds. The number of aliphatic hydroxyl groups excluding tert-OH is 1. The van der Waals surface area contributed by atoms with E-state index in [4.69, 9.17) is 0 Å². The van der Waals surface area contributed by atoms with Gasteiger partial charge in [-0.25, -0.2) is 9.38 Å². The summed E-state index contributed by atoms with van der Waals surface area (Å²) in [5.74, 6) is 0.834. The Morgan fingerprint density at radius 3 is 2.50 bits per heavy atom. The largest absolute Gasteiger partial charge is 0.396 e. The number of amides is 1. The van der Waals surface area contributed by atoms with E-state index < -0.39 is 0 Å². The van der Waals surface area contributed by atoms with Crippen LogP contribution in [0.5, 0.6) is 0 Å². The van der Waals surface area contributed by atoms with Crippen molar-refractivity contribution in [2.24, 2.45) is 16.8 Å². The van der Waals surface area contributed by atoms with Gasteiger partial charge < -0.3 is 21.1 Å². The minimum atomic E-state index is -0.349. The first-order chi connectivity index (χ1) is 12.4. The molecule has 7 heteroatoms. The Bertz CT molecular complexity index is 561. The maximum absolute atomic E-state index is 12.9. The summed E-state index contributed by atoms with van der Waals surface area (Å²) in [7, 11) is 0. The summed E-state index contributed by atoms with van der Waals surface area (Å²) in [5, 5.41) is 18.2. The molecule has 0 radical (unpaired) electrons. The lowest BCUT2D eigenvalue weighted by molar-refractivity contribution is -0.114. The normalized spacial score (nSPS) is 12.8. The van der Waals surface area contributed by atoms with Crippen LogP contribution < -0.4 is 16.0 Å². The Morgan fingerprint density at radius 2 is 1.92 bits per heavy atom. The number of anilines is 1. The molecule has 6 nitrogen and oxygen atoms in total. The van der Waals surface area contributed by atoms with Crippen molar-refractivity contribution in [3.8, 4) is 0 Å². The molecular weight excluding hydrogens is 335 g/mol. The molecule has 1 aromatic rings. The van der Waals surface area contributed by atoms with Crippen LogP contribution in [0.3, 0.4) is 0 Å². The van der Waals surface area contributed by atoms with E-state index in [0.29, 0.717) is 36.6 Å². The van der Waals surface area contributed by atoms with Crippen molar-refractivity contribution in [3.63, 3.8) is 0 Å². The second-order valence-electron chi connectivity index (χ2n) is 6.64. The number of guanidine groups is 1. The monoisotopic (exact) mass is 366 g/mol. The Balaban J connectivity index is 2.55. The molecule has 1 atom stereocenters. The van der Waals surface area contributed by atoms with E-state index in [9.17, 15) is 14.3 Å². The van der Waals surface area contributed by atoms with E-state index in [1.807, 2.05) is 6.92 Å². The Kier molecular flexibility index (Phi) is 10.3. The summed E-state index contributed by atoms with van der Waals surface area (Å²) < 4.78 is 12.9. The zero-order valence-electron chi connectivity index (χ0n) is 15.9. The van der Waals surface area contributed by atoms with Crippen LogP contribution in [0.25, 0.3) is 0 Å². The summed E-state index contributed by atoms with van der Waals surface area (Å²) in [5.41, 5.74) is 0.532. The first-order valence-corrected chi connectivity index (χ1v) is 9.13. The van der Waals surface area contributed by atoms with E-state index in [0.717, 1.165) is 12.8 Å². The van der Waals surface area contributed by atoms with Crippen molar-refractivity contribution in [3.05, 3.63) is 30.1 Å². The molecule has 0 aliphatic rings. The van der Waals surface area contributed by atoms with E-state index in [2.05, 4.69) is 34.8 Å². The van der Waals surface area contributed by atoms with Crippen molar-refractivity contribution in [2.75, 3.05) is 31.6 Å². The van der Waals surface area contributed by atoms with E-state index >= 15 is 0 Å². The Labute approximate surface area is 155 Å². The average molecular weight is 366 g/mol. The third kappa shape index (κ3) is 9.36. The molecule has 0 heterocycles. The molecule has 1 aromatic carbocycles. The molecule has 0 fully saturated rings. The van der Waals surface area contributed by atoms with Gasteiger partial charge in [-0.1, -0.05) is 13.8 Å². The lowest BCUT2D eigenvalue weighted by Gasteiger charge is -2.20. The topological polar surface area (TPSA) is 85.8 Å². The van der Waals surface area contributed by atoms with Gasteiger partial charge in [-0.05, 0) is 55.9 Å². The fourth-order valence-corrected chi connectivity index (χ4v) is 2.62. The van der Waals surface area contributed by atoms with Gasteiger partial charge in [-0.3, -0.25) is 4.79 Å². The molecule has 0 aromatic heterocycles. The molecule has 1 unspecified atom stereocenters. The quantitative estimate of drug-likeness (QED) is 0.378. The zero-order valence-corrected chi connectivity index (χ0v) is 15.9. The maximum atomic E-state index is 12.9. The van der Waals surface area contributed by atoms with Crippen LogP contribution in [-0.2, 0) is 4.79 Å². The Hall–Kier alpha value is -2.15. The SMILES string of the molecule is CCNC(=NCC(=O)Nc1ccc(F)cc1)NCC(CCO)CC(C)C. The molecule has 0 aliphatic heterocycles. The first kappa shape index (κ1) is 21.9. The highest BCUT2D eigenvalue weighted by Gasteiger charge is 2.11. The van der Waals surface area contributed by atoms with Crippen LogP contribution >= 0.6 is 0 Å². The average Bonchev–Trinajstić information content (AvgIpc) is 2.59. The van der Waals surface area contributed by atoms with E-state index in [1.165, 1.54) is 24.3 Å². The molecule has 4 N–H and O–H groups in total. The molecule has 0 aliphatic carbocycles. The van der Waals surface area contributed by atoms with Gasteiger partial charge in [0.25, 0.3) is 0 Å². The van der Waals surface area contributed by atoms with Crippen LogP contribution in [0.4, 0.5) is 10.1 Å². The van der Waals surface area contributed by atoms with Crippen molar-refractivity contribution in [1.82, 2.24) is 10.6 Å². The van der Waals surface area contributed by atoms with E-state index in [1.54, 1.807) is 0 Å². The van der Waals surface area contributed by atoms with Gasteiger partial charge in [0.1, 0.15) is 12.4 Å². The van der Waals surface area contributed by atoms with Crippen LogP contribution in [-0.4, -0.2) is 43.2 Å². The summed E-state index contributed by atoms with van der Waals surface area (Å²) in [6, 6.07) is 5.60. The molecule has 0 spiro atoms. The summed E-state index contributed by atoms with van der Waals surface area (Å²) in [4.78, 5) is 16.3. The second kappa shape index (κ2) is 12.2. The number of carbonyl (C=O) groups is 1. The second-order valence-corrected chi connectivity index (χ2v) is 6.64. The third-order valence-electron chi connectivity index (χ3n) is 3.75. The van der Waals surface area contributed by atoms with Crippen LogP contribution in [0.15, 0.2) is 29.3 Å². The Morgan fingerprint density at radius 1 is 1.23 bits per heavy atom. The number of rotatable bonds is 10. The van der Waals surface area contributed by atoms with Gasteiger partial charge in [-0.15, -0.1) is 0 Å².